The topological polar surface area (TPSA) is 46.1 Å². The minimum absolute atomic E-state index is 0.0593. The molecule has 0 radical (unpaired) electrons. The van der Waals surface area contributed by atoms with Gasteiger partial charge in [0, 0.05) is 18.2 Å². The third-order valence-corrected chi connectivity index (χ3v) is 2.85. The number of hydrogen-bond acceptors (Lipinski definition) is 4. The van der Waals surface area contributed by atoms with Crippen molar-refractivity contribution >= 4 is 35.8 Å². The maximum Gasteiger partial charge on any atom is 0.228 e. The molecule has 6 heteroatoms. The summed E-state index contributed by atoms with van der Waals surface area (Å²) in [6, 6.07) is 0. The van der Waals surface area contributed by atoms with Crippen LogP contribution in [0.5, 0.6) is 0 Å². The van der Waals surface area contributed by atoms with E-state index in [4.69, 9.17) is 11.6 Å². The highest BCUT2D eigenvalue weighted by molar-refractivity contribution is 7.81. The number of carbonyl (C=O) groups is 1. The molecule has 0 bridgehead atoms. The van der Waals surface area contributed by atoms with Crippen LogP contribution in [0.25, 0.3) is 0 Å². The number of aryl methyl sites for hydroxylation is 1. The average molecular weight is 244 g/mol. The van der Waals surface area contributed by atoms with E-state index in [-0.39, 0.29) is 16.4 Å². The second-order valence-electron chi connectivity index (χ2n) is 3.47. The molecule has 1 aromatic rings. The normalized spacial score (nSPS) is 21.1. The molecule has 0 saturated carbocycles. The molecule has 1 saturated heterocycles. The Morgan fingerprint density at radius 2 is 2.40 bits per heavy atom. The highest BCUT2D eigenvalue weighted by Crippen LogP contribution is 2.25. The number of hydrogen-bond donors (Lipinski definition) is 1. The lowest BCUT2D eigenvalue weighted by Gasteiger charge is -2.17. The number of amides is 1. The van der Waals surface area contributed by atoms with Crippen molar-refractivity contribution in [2.45, 2.75) is 18.6 Å². The predicted molar refractivity (Wildman–Crippen MR) is 61.5 cm³/mol. The van der Waals surface area contributed by atoms with E-state index in [1.165, 1.54) is 0 Å². The van der Waals surface area contributed by atoms with Crippen LogP contribution in [0.3, 0.4) is 0 Å². The maximum absolute atomic E-state index is 11.6. The number of rotatable bonds is 1. The van der Waals surface area contributed by atoms with Crippen molar-refractivity contribution in [2.75, 3.05) is 11.4 Å². The van der Waals surface area contributed by atoms with Gasteiger partial charge in [-0.3, -0.25) is 4.79 Å². The third kappa shape index (κ3) is 2.08. The molecule has 1 atom stereocenters. The summed E-state index contributed by atoms with van der Waals surface area (Å²) < 4.78 is 0. The maximum atomic E-state index is 11.6. The van der Waals surface area contributed by atoms with E-state index < -0.39 is 0 Å². The Hall–Kier alpha value is -0.810. The molecule has 1 aliphatic rings. The van der Waals surface area contributed by atoms with Crippen molar-refractivity contribution in [3.8, 4) is 0 Å². The van der Waals surface area contributed by atoms with E-state index in [2.05, 4.69) is 22.6 Å². The molecule has 2 heterocycles. The zero-order valence-electron chi connectivity index (χ0n) is 8.14. The van der Waals surface area contributed by atoms with E-state index in [0.29, 0.717) is 18.7 Å². The Kier molecular flexibility index (Phi) is 2.84. The molecular formula is C9H10ClN3OS. The zero-order chi connectivity index (χ0) is 11.0. The van der Waals surface area contributed by atoms with E-state index in [1.807, 2.05) is 6.92 Å². The standard InChI is InChI=1S/C9H10ClN3OS/c1-5-7(3-11-9(10)12-5)13-4-6(15)2-8(13)14/h3,6,15H,2,4H2,1H3. The van der Waals surface area contributed by atoms with Gasteiger partial charge in [0.25, 0.3) is 0 Å². The molecule has 1 aromatic heterocycles. The smallest absolute Gasteiger partial charge is 0.228 e. The molecule has 0 spiro atoms. The van der Waals surface area contributed by atoms with Gasteiger partial charge in [-0.25, -0.2) is 9.97 Å². The molecule has 1 aliphatic heterocycles. The summed E-state index contributed by atoms with van der Waals surface area (Å²) in [5.74, 6) is 0.0593. The molecular weight excluding hydrogens is 234 g/mol. The Morgan fingerprint density at radius 1 is 1.67 bits per heavy atom. The molecule has 80 valence electrons. The van der Waals surface area contributed by atoms with Gasteiger partial charge in [0.05, 0.1) is 17.6 Å². The lowest BCUT2D eigenvalue weighted by atomic mass is 10.3. The van der Waals surface area contributed by atoms with Crippen molar-refractivity contribution < 1.29 is 4.79 Å². The number of carbonyl (C=O) groups excluding carboxylic acids is 1. The van der Waals surface area contributed by atoms with Gasteiger partial charge < -0.3 is 4.90 Å². The van der Waals surface area contributed by atoms with Crippen LogP contribution in [0.15, 0.2) is 6.20 Å². The van der Waals surface area contributed by atoms with Crippen LogP contribution in [0, 0.1) is 6.92 Å². The molecule has 2 rings (SSSR count). The van der Waals surface area contributed by atoms with Crippen LogP contribution in [0.1, 0.15) is 12.1 Å². The Bertz CT molecular complexity index is 412. The van der Waals surface area contributed by atoms with Crippen molar-refractivity contribution in [2.24, 2.45) is 0 Å². The second-order valence-corrected chi connectivity index (χ2v) is 4.54. The summed E-state index contributed by atoms with van der Waals surface area (Å²) in [5, 5.41) is 0.290. The molecule has 1 amide bonds. The number of anilines is 1. The quantitative estimate of drug-likeness (QED) is 0.600. The van der Waals surface area contributed by atoms with Crippen LogP contribution in [-0.2, 0) is 4.79 Å². The minimum Gasteiger partial charge on any atom is -0.308 e. The first-order valence-electron chi connectivity index (χ1n) is 4.55. The summed E-state index contributed by atoms with van der Waals surface area (Å²) in [4.78, 5) is 21.2. The van der Waals surface area contributed by atoms with Crippen LogP contribution >= 0.6 is 24.2 Å². The number of nitrogens with zero attached hydrogens (tertiary/aromatic N) is 3. The first-order valence-corrected chi connectivity index (χ1v) is 5.45. The molecule has 1 unspecified atom stereocenters. The van der Waals surface area contributed by atoms with Crippen molar-refractivity contribution in [3.05, 3.63) is 17.2 Å². The van der Waals surface area contributed by atoms with E-state index in [1.54, 1.807) is 11.1 Å². The second kappa shape index (κ2) is 3.98. The Balaban J connectivity index is 2.34. The van der Waals surface area contributed by atoms with Gasteiger partial charge >= 0.3 is 0 Å². The van der Waals surface area contributed by atoms with Crippen LogP contribution in [0.4, 0.5) is 5.69 Å². The van der Waals surface area contributed by atoms with Gasteiger partial charge in [0.15, 0.2) is 0 Å². The molecule has 0 aromatic carbocycles. The highest BCUT2D eigenvalue weighted by atomic mass is 35.5. The zero-order valence-corrected chi connectivity index (χ0v) is 9.79. The van der Waals surface area contributed by atoms with Gasteiger partial charge in [-0.1, -0.05) is 0 Å². The third-order valence-electron chi connectivity index (χ3n) is 2.32. The summed E-state index contributed by atoms with van der Waals surface area (Å²) >= 11 is 9.93. The monoisotopic (exact) mass is 243 g/mol. The van der Waals surface area contributed by atoms with Crippen LogP contribution < -0.4 is 4.90 Å². The summed E-state index contributed by atoms with van der Waals surface area (Å²) in [6.45, 7) is 2.41. The first kappa shape index (κ1) is 10.7. The lowest BCUT2D eigenvalue weighted by Crippen LogP contribution is -2.25. The first-order chi connectivity index (χ1) is 7.08. The number of halogens is 1. The fourth-order valence-electron chi connectivity index (χ4n) is 1.62. The van der Waals surface area contributed by atoms with Gasteiger partial charge in [0.1, 0.15) is 0 Å². The summed E-state index contributed by atoms with van der Waals surface area (Å²) in [6.07, 6.45) is 2.04. The summed E-state index contributed by atoms with van der Waals surface area (Å²) in [7, 11) is 0. The van der Waals surface area contributed by atoms with Crippen molar-refractivity contribution in [1.29, 1.82) is 0 Å². The SMILES string of the molecule is Cc1nc(Cl)ncc1N1CC(S)CC1=O. The van der Waals surface area contributed by atoms with E-state index in [0.717, 1.165) is 5.69 Å². The Morgan fingerprint density at radius 3 is 2.93 bits per heavy atom. The molecule has 0 N–H and O–H groups in total. The highest BCUT2D eigenvalue weighted by Gasteiger charge is 2.29. The molecule has 0 aliphatic carbocycles. The lowest BCUT2D eigenvalue weighted by molar-refractivity contribution is -0.117. The Labute approximate surface area is 98.1 Å². The number of aromatic nitrogens is 2. The fraction of sp³-hybridized carbons (Fsp3) is 0.444. The van der Waals surface area contributed by atoms with Gasteiger partial charge in [-0.2, -0.15) is 12.6 Å². The molecule has 15 heavy (non-hydrogen) atoms. The molecule has 1 fully saturated rings. The minimum atomic E-state index is 0.0593. The largest absolute Gasteiger partial charge is 0.308 e. The van der Waals surface area contributed by atoms with E-state index in [9.17, 15) is 4.79 Å². The predicted octanol–water partition coefficient (Wildman–Crippen LogP) is 1.47. The van der Waals surface area contributed by atoms with Gasteiger partial charge in [-0.15, -0.1) is 0 Å². The molecule has 4 nitrogen and oxygen atoms in total. The van der Waals surface area contributed by atoms with E-state index >= 15 is 0 Å². The fourth-order valence-corrected chi connectivity index (χ4v) is 2.11. The average Bonchev–Trinajstić information content (AvgIpc) is 2.45. The van der Waals surface area contributed by atoms with Crippen molar-refractivity contribution in [3.63, 3.8) is 0 Å². The van der Waals surface area contributed by atoms with Gasteiger partial charge in [-0.05, 0) is 18.5 Å². The number of thiol groups is 1. The summed E-state index contributed by atoms with van der Waals surface area (Å²) in [5.41, 5.74) is 1.44. The van der Waals surface area contributed by atoms with Crippen LogP contribution in [0.2, 0.25) is 5.28 Å². The van der Waals surface area contributed by atoms with Crippen LogP contribution in [-0.4, -0.2) is 27.7 Å². The van der Waals surface area contributed by atoms with Gasteiger partial charge in [0.2, 0.25) is 11.2 Å². The van der Waals surface area contributed by atoms with Crippen molar-refractivity contribution in [1.82, 2.24) is 9.97 Å².